The number of sulfonamides is 1. The van der Waals surface area contributed by atoms with Gasteiger partial charge in [-0.25, -0.2) is 13.6 Å². The molecule has 0 aromatic heterocycles. The lowest BCUT2D eigenvalue weighted by Gasteiger charge is -2.07. The van der Waals surface area contributed by atoms with Crippen molar-refractivity contribution in [3.05, 3.63) is 28.3 Å². The highest BCUT2D eigenvalue weighted by Crippen LogP contribution is 2.30. The maximum absolute atomic E-state index is 10.8. The highest BCUT2D eigenvalue weighted by atomic mass is 32.2. The lowest BCUT2D eigenvalue weighted by atomic mass is 10.3. The molecule has 1 rings (SSSR count). The molecule has 0 fully saturated rings. The predicted octanol–water partition coefficient (Wildman–Crippen LogP) is 0.661. The standard InChI is InChI=1S/C10H14N2O6S/c1-17-8-3-4-10(9(7-8)12(13)14)18-5-2-6-19(11,15)16/h3-4,7H,2,5-6H2,1H3,(H2,11,15,16). The molecule has 0 spiro atoms. The summed E-state index contributed by atoms with van der Waals surface area (Å²) in [6.45, 7) is 0.0175. The second kappa shape index (κ2) is 6.34. The number of rotatable bonds is 7. The molecule has 0 aliphatic heterocycles. The number of nitrogens with zero attached hydrogens (tertiary/aromatic N) is 1. The first kappa shape index (κ1) is 15.2. The van der Waals surface area contributed by atoms with Gasteiger partial charge in [0, 0.05) is 0 Å². The molecule has 2 N–H and O–H groups in total. The summed E-state index contributed by atoms with van der Waals surface area (Å²) in [4.78, 5) is 10.2. The number of nitro benzene ring substituents is 1. The van der Waals surface area contributed by atoms with Crippen LogP contribution in [0.4, 0.5) is 5.69 Å². The number of ether oxygens (including phenoxy) is 2. The predicted molar refractivity (Wildman–Crippen MR) is 67.7 cm³/mol. The van der Waals surface area contributed by atoms with Gasteiger partial charge in [-0.3, -0.25) is 10.1 Å². The van der Waals surface area contributed by atoms with Crippen molar-refractivity contribution in [2.24, 2.45) is 5.14 Å². The zero-order valence-electron chi connectivity index (χ0n) is 10.2. The van der Waals surface area contributed by atoms with E-state index in [0.717, 1.165) is 0 Å². The molecular formula is C10H14N2O6S. The van der Waals surface area contributed by atoms with E-state index in [0.29, 0.717) is 5.75 Å². The SMILES string of the molecule is COc1ccc(OCCCS(N)(=O)=O)c([N+](=O)[O-])c1. The molecular weight excluding hydrogens is 276 g/mol. The van der Waals surface area contributed by atoms with Crippen LogP contribution in [0.15, 0.2) is 18.2 Å². The van der Waals surface area contributed by atoms with Gasteiger partial charge in [-0.05, 0) is 18.6 Å². The van der Waals surface area contributed by atoms with E-state index < -0.39 is 14.9 Å². The van der Waals surface area contributed by atoms with Crippen molar-refractivity contribution in [2.75, 3.05) is 19.5 Å². The Morgan fingerprint density at radius 2 is 2.11 bits per heavy atom. The van der Waals surface area contributed by atoms with Crippen LogP contribution in [0.5, 0.6) is 11.5 Å². The Hall–Kier alpha value is -1.87. The van der Waals surface area contributed by atoms with Crippen LogP contribution in [0.2, 0.25) is 0 Å². The molecule has 1 aromatic rings. The molecule has 1 aromatic carbocycles. The number of nitro groups is 1. The molecule has 19 heavy (non-hydrogen) atoms. The second-order valence-electron chi connectivity index (χ2n) is 3.66. The van der Waals surface area contributed by atoms with Gasteiger partial charge in [0.25, 0.3) is 0 Å². The Morgan fingerprint density at radius 1 is 1.42 bits per heavy atom. The minimum atomic E-state index is -3.55. The molecule has 0 saturated heterocycles. The summed E-state index contributed by atoms with van der Waals surface area (Å²) in [6.07, 6.45) is 0.155. The lowest BCUT2D eigenvalue weighted by molar-refractivity contribution is -0.385. The van der Waals surface area contributed by atoms with E-state index >= 15 is 0 Å². The van der Waals surface area contributed by atoms with Gasteiger partial charge in [0.15, 0.2) is 5.75 Å². The fraction of sp³-hybridized carbons (Fsp3) is 0.400. The maximum Gasteiger partial charge on any atom is 0.314 e. The molecule has 8 nitrogen and oxygen atoms in total. The number of nitrogens with two attached hydrogens (primary N) is 1. The van der Waals surface area contributed by atoms with Crippen molar-refractivity contribution < 1.29 is 22.8 Å². The third-order valence-electron chi connectivity index (χ3n) is 2.19. The van der Waals surface area contributed by atoms with Gasteiger partial charge in [-0.1, -0.05) is 0 Å². The smallest absolute Gasteiger partial charge is 0.314 e. The monoisotopic (exact) mass is 290 g/mol. The van der Waals surface area contributed by atoms with Gasteiger partial charge in [0.2, 0.25) is 10.0 Å². The second-order valence-corrected chi connectivity index (χ2v) is 5.39. The largest absolute Gasteiger partial charge is 0.496 e. The van der Waals surface area contributed by atoms with E-state index in [2.05, 4.69) is 0 Å². The van der Waals surface area contributed by atoms with Crippen molar-refractivity contribution >= 4 is 15.7 Å². The van der Waals surface area contributed by atoms with E-state index in [4.69, 9.17) is 14.6 Å². The number of hydrogen-bond acceptors (Lipinski definition) is 6. The van der Waals surface area contributed by atoms with E-state index in [1.165, 1.54) is 25.3 Å². The Kier molecular flexibility index (Phi) is 5.07. The van der Waals surface area contributed by atoms with Crippen LogP contribution in [-0.4, -0.2) is 32.8 Å². The van der Waals surface area contributed by atoms with E-state index in [1.807, 2.05) is 0 Å². The third kappa shape index (κ3) is 5.10. The van der Waals surface area contributed by atoms with E-state index in [9.17, 15) is 18.5 Å². The molecule has 0 bridgehead atoms. The van der Waals surface area contributed by atoms with Crippen LogP contribution < -0.4 is 14.6 Å². The van der Waals surface area contributed by atoms with Gasteiger partial charge in [0.05, 0.1) is 30.5 Å². The van der Waals surface area contributed by atoms with Crippen LogP contribution in [0.25, 0.3) is 0 Å². The van der Waals surface area contributed by atoms with Crippen LogP contribution in [0.3, 0.4) is 0 Å². The average Bonchev–Trinajstić information content (AvgIpc) is 2.33. The zero-order chi connectivity index (χ0) is 14.5. The molecule has 0 unspecified atom stereocenters. The first-order chi connectivity index (χ1) is 8.83. The summed E-state index contributed by atoms with van der Waals surface area (Å²) >= 11 is 0. The maximum atomic E-state index is 10.8. The first-order valence-corrected chi connectivity index (χ1v) is 7.01. The summed E-state index contributed by atoms with van der Waals surface area (Å²) in [5.41, 5.74) is -0.241. The number of methoxy groups -OCH3 is 1. The van der Waals surface area contributed by atoms with Crippen molar-refractivity contribution in [1.82, 2.24) is 0 Å². The Bertz CT molecular complexity index is 557. The quantitative estimate of drug-likeness (QED) is 0.447. The van der Waals surface area contributed by atoms with Crippen LogP contribution in [-0.2, 0) is 10.0 Å². The topological polar surface area (TPSA) is 122 Å². The Labute approximate surface area is 110 Å². The molecule has 0 saturated carbocycles. The van der Waals surface area contributed by atoms with Crippen molar-refractivity contribution in [3.63, 3.8) is 0 Å². The Morgan fingerprint density at radius 3 is 2.63 bits per heavy atom. The van der Waals surface area contributed by atoms with Crippen LogP contribution in [0, 0.1) is 10.1 Å². The first-order valence-electron chi connectivity index (χ1n) is 5.29. The minimum absolute atomic E-state index is 0.0175. The van der Waals surface area contributed by atoms with Gasteiger partial charge < -0.3 is 9.47 Å². The molecule has 0 radical (unpaired) electrons. The van der Waals surface area contributed by atoms with Crippen molar-refractivity contribution in [2.45, 2.75) is 6.42 Å². The average molecular weight is 290 g/mol. The highest BCUT2D eigenvalue weighted by Gasteiger charge is 2.16. The third-order valence-corrected chi connectivity index (χ3v) is 3.05. The van der Waals surface area contributed by atoms with Crippen LogP contribution in [0.1, 0.15) is 6.42 Å². The van der Waals surface area contributed by atoms with Crippen molar-refractivity contribution in [1.29, 1.82) is 0 Å². The molecule has 106 valence electrons. The summed E-state index contributed by atoms with van der Waals surface area (Å²) in [7, 11) is -2.16. The van der Waals surface area contributed by atoms with E-state index in [1.54, 1.807) is 0 Å². The normalized spacial score (nSPS) is 11.1. The summed E-state index contributed by atoms with van der Waals surface area (Å²) < 4.78 is 31.4. The molecule has 0 aliphatic rings. The molecule has 0 amide bonds. The fourth-order valence-electron chi connectivity index (χ4n) is 1.33. The number of hydrogen-bond donors (Lipinski definition) is 1. The van der Waals surface area contributed by atoms with Gasteiger partial charge in [0.1, 0.15) is 5.75 Å². The highest BCUT2D eigenvalue weighted by molar-refractivity contribution is 7.89. The summed E-state index contributed by atoms with van der Waals surface area (Å²) in [6, 6.07) is 4.14. The summed E-state index contributed by atoms with van der Waals surface area (Å²) in [5.74, 6) is 0.153. The fourth-order valence-corrected chi connectivity index (χ4v) is 1.85. The minimum Gasteiger partial charge on any atom is -0.496 e. The molecule has 0 heterocycles. The molecule has 0 aliphatic carbocycles. The molecule has 9 heteroatoms. The lowest BCUT2D eigenvalue weighted by Crippen LogP contribution is -2.18. The Balaban J connectivity index is 2.70. The van der Waals surface area contributed by atoms with Gasteiger partial charge in [-0.2, -0.15) is 0 Å². The van der Waals surface area contributed by atoms with Gasteiger partial charge >= 0.3 is 5.69 Å². The molecule has 0 atom stereocenters. The van der Waals surface area contributed by atoms with Crippen molar-refractivity contribution in [3.8, 4) is 11.5 Å². The summed E-state index contributed by atoms with van der Waals surface area (Å²) in [5, 5.41) is 15.7. The van der Waals surface area contributed by atoms with Gasteiger partial charge in [-0.15, -0.1) is 0 Å². The van der Waals surface area contributed by atoms with Crippen LogP contribution >= 0.6 is 0 Å². The van der Waals surface area contributed by atoms with E-state index in [-0.39, 0.29) is 30.2 Å². The number of primary sulfonamides is 1. The number of benzene rings is 1. The zero-order valence-corrected chi connectivity index (χ0v) is 11.1.